The molecule has 94 valence electrons. The van der Waals surface area contributed by atoms with Crippen LogP contribution in [0.25, 0.3) is 0 Å². The van der Waals surface area contributed by atoms with Gasteiger partial charge in [0, 0.05) is 20.1 Å². The summed E-state index contributed by atoms with van der Waals surface area (Å²) in [6, 6.07) is 0. The van der Waals surface area contributed by atoms with Gasteiger partial charge in [-0.05, 0) is 18.3 Å². The summed E-state index contributed by atoms with van der Waals surface area (Å²) in [4.78, 5) is 14.3. The number of anilines is 1. The summed E-state index contributed by atoms with van der Waals surface area (Å²) < 4.78 is 1.56. The molecular formula is C12H20N4O. The van der Waals surface area contributed by atoms with E-state index in [2.05, 4.69) is 18.9 Å². The summed E-state index contributed by atoms with van der Waals surface area (Å²) in [5, 5.41) is 4.01. The standard InChI is InChI=1S/C12H20N4O/c1-8-4-9(2)7-16(6-8)12(17)11-10(13)5-14-15(11)3/h5,8-9H,4,6-7,13H2,1-3H3. The number of aryl methyl sites for hydroxylation is 1. The van der Waals surface area contributed by atoms with Gasteiger partial charge in [0.15, 0.2) is 0 Å². The summed E-state index contributed by atoms with van der Waals surface area (Å²) in [7, 11) is 1.75. The van der Waals surface area contributed by atoms with E-state index in [1.54, 1.807) is 11.7 Å². The fraction of sp³-hybridized carbons (Fsp3) is 0.667. The number of piperidine rings is 1. The van der Waals surface area contributed by atoms with Crippen LogP contribution in [-0.4, -0.2) is 33.7 Å². The molecule has 0 spiro atoms. The first-order valence-corrected chi connectivity index (χ1v) is 6.05. The molecule has 1 aliphatic heterocycles. The number of hydrogen-bond donors (Lipinski definition) is 1. The zero-order chi connectivity index (χ0) is 12.6. The second-order valence-electron chi connectivity index (χ2n) is 5.23. The number of nitrogens with zero attached hydrogens (tertiary/aromatic N) is 3. The molecule has 1 aliphatic rings. The van der Waals surface area contributed by atoms with Crippen molar-refractivity contribution in [2.24, 2.45) is 18.9 Å². The molecule has 1 aromatic rings. The second kappa shape index (κ2) is 4.39. The maximum Gasteiger partial charge on any atom is 0.274 e. The van der Waals surface area contributed by atoms with Crippen molar-refractivity contribution in [3.63, 3.8) is 0 Å². The summed E-state index contributed by atoms with van der Waals surface area (Å²) in [6.07, 6.45) is 2.72. The number of hydrogen-bond acceptors (Lipinski definition) is 3. The van der Waals surface area contributed by atoms with E-state index in [4.69, 9.17) is 5.73 Å². The topological polar surface area (TPSA) is 64.2 Å². The van der Waals surface area contributed by atoms with Gasteiger partial charge in [0.05, 0.1) is 11.9 Å². The van der Waals surface area contributed by atoms with Crippen molar-refractivity contribution < 1.29 is 4.79 Å². The SMILES string of the molecule is CC1CC(C)CN(C(=O)c2c(N)cnn2C)C1. The smallest absolute Gasteiger partial charge is 0.274 e. The molecule has 0 aliphatic carbocycles. The Labute approximate surface area is 102 Å². The van der Waals surface area contributed by atoms with Gasteiger partial charge in [0.2, 0.25) is 0 Å². The fourth-order valence-corrected chi connectivity index (χ4v) is 2.69. The van der Waals surface area contributed by atoms with Crippen LogP contribution in [0.15, 0.2) is 6.20 Å². The molecule has 2 N–H and O–H groups in total. The summed E-state index contributed by atoms with van der Waals surface area (Å²) in [6.45, 7) is 5.99. The number of nitrogens with two attached hydrogens (primary N) is 1. The van der Waals surface area contributed by atoms with Crippen molar-refractivity contribution in [1.29, 1.82) is 0 Å². The number of carbonyl (C=O) groups excluding carboxylic acids is 1. The molecule has 0 radical (unpaired) electrons. The molecule has 5 nitrogen and oxygen atoms in total. The van der Waals surface area contributed by atoms with Crippen LogP contribution in [0.1, 0.15) is 30.8 Å². The fourth-order valence-electron chi connectivity index (χ4n) is 2.69. The van der Waals surface area contributed by atoms with Gasteiger partial charge < -0.3 is 10.6 Å². The Morgan fingerprint density at radius 1 is 1.41 bits per heavy atom. The Balaban J connectivity index is 2.20. The van der Waals surface area contributed by atoms with Gasteiger partial charge in [-0.25, -0.2) is 0 Å². The number of nitrogen functional groups attached to an aromatic ring is 1. The highest BCUT2D eigenvalue weighted by Crippen LogP contribution is 2.23. The molecule has 1 saturated heterocycles. The van der Waals surface area contributed by atoms with Crippen LogP contribution in [0, 0.1) is 11.8 Å². The Morgan fingerprint density at radius 2 is 2.00 bits per heavy atom. The van der Waals surface area contributed by atoms with Crippen LogP contribution in [0.3, 0.4) is 0 Å². The number of amides is 1. The van der Waals surface area contributed by atoms with Gasteiger partial charge in [-0.1, -0.05) is 13.8 Å². The molecule has 2 unspecified atom stereocenters. The zero-order valence-corrected chi connectivity index (χ0v) is 10.7. The van der Waals surface area contributed by atoms with E-state index in [9.17, 15) is 4.79 Å². The van der Waals surface area contributed by atoms with Gasteiger partial charge in [0.25, 0.3) is 5.91 Å². The predicted molar refractivity (Wildman–Crippen MR) is 66.5 cm³/mol. The van der Waals surface area contributed by atoms with Gasteiger partial charge in [0.1, 0.15) is 5.69 Å². The highest BCUT2D eigenvalue weighted by atomic mass is 16.2. The molecule has 0 saturated carbocycles. The van der Waals surface area contributed by atoms with Crippen molar-refractivity contribution in [2.75, 3.05) is 18.8 Å². The first-order valence-electron chi connectivity index (χ1n) is 6.05. The molecule has 0 bridgehead atoms. The Hall–Kier alpha value is -1.52. The molecule has 17 heavy (non-hydrogen) atoms. The van der Waals surface area contributed by atoms with Gasteiger partial charge >= 0.3 is 0 Å². The lowest BCUT2D eigenvalue weighted by atomic mass is 9.92. The number of aromatic nitrogens is 2. The average Bonchev–Trinajstić information content (AvgIpc) is 2.56. The molecule has 1 fully saturated rings. The summed E-state index contributed by atoms with van der Waals surface area (Å²) in [5.41, 5.74) is 6.75. The lowest BCUT2D eigenvalue weighted by molar-refractivity contribution is 0.0613. The lowest BCUT2D eigenvalue weighted by Gasteiger charge is -2.35. The quantitative estimate of drug-likeness (QED) is 0.794. The van der Waals surface area contributed by atoms with Crippen LogP contribution in [0.5, 0.6) is 0 Å². The minimum absolute atomic E-state index is 0.000833. The van der Waals surface area contributed by atoms with E-state index in [-0.39, 0.29) is 5.91 Å². The second-order valence-corrected chi connectivity index (χ2v) is 5.23. The Kier molecular flexibility index (Phi) is 3.09. The third-order valence-electron chi connectivity index (χ3n) is 3.33. The monoisotopic (exact) mass is 236 g/mol. The first-order chi connectivity index (χ1) is 7.99. The molecule has 0 aromatic carbocycles. The summed E-state index contributed by atoms with van der Waals surface area (Å²) >= 11 is 0. The predicted octanol–water partition coefficient (Wildman–Crippen LogP) is 1.12. The van der Waals surface area contributed by atoms with Crippen molar-refractivity contribution in [3.05, 3.63) is 11.9 Å². The maximum absolute atomic E-state index is 12.4. The summed E-state index contributed by atoms with van der Waals surface area (Å²) in [5.74, 6) is 1.11. The number of rotatable bonds is 1. The van der Waals surface area contributed by atoms with E-state index in [0.29, 0.717) is 23.2 Å². The molecule has 5 heteroatoms. The van der Waals surface area contributed by atoms with E-state index in [1.807, 2.05) is 4.90 Å². The molecule has 1 aromatic heterocycles. The molecule has 2 heterocycles. The highest BCUT2D eigenvalue weighted by molar-refractivity contribution is 5.97. The van der Waals surface area contributed by atoms with Crippen molar-refractivity contribution in [3.8, 4) is 0 Å². The van der Waals surface area contributed by atoms with Crippen LogP contribution in [-0.2, 0) is 7.05 Å². The molecule has 2 atom stereocenters. The van der Waals surface area contributed by atoms with Crippen LogP contribution < -0.4 is 5.73 Å². The van der Waals surface area contributed by atoms with E-state index in [0.717, 1.165) is 13.1 Å². The molecule has 1 amide bonds. The van der Waals surface area contributed by atoms with Gasteiger partial charge in [-0.15, -0.1) is 0 Å². The van der Waals surface area contributed by atoms with Crippen LogP contribution in [0.4, 0.5) is 5.69 Å². The van der Waals surface area contributed by atoms with Gasteiger partial charge in [-0.3, -0.25) is 9.48 Å². The first kappa shape index (κ1) is 12.0. The largest absolute Gasteiger partial charge is 0.396 e. The van der Waals surface area contributed by atoms with E-state index in [1.165, 1.54) is 12.6 Å². The molecule has 2 rings (SSSR count). The lowest BCUT2D eigenvalue weighted by Crippen LogP contribution is -2.43. The minimum Gasteiger partial charge on any atom is -0.396 e. The number of carbonyl (C=O) groups is 1. The minimum atomic E-state index is 0.000833. The molecular weight excluding hydrogens is 216 g/mol. The zero-order valence-electron chi connectivity index (χ0n) is 10.7. The van der Waals surface area contributed by atoms with Crippen LogP contribution in [0.2, 0.25) is 0 Å². The third-order valence-corrected chi connectivity index (χ3v) is 3.33. The Bertz CT molecular complexity index is 397. The van der Waals surface area contributed by atoms with Gasteiger partial charge in [-0.2, -0.15) is 5.10 Å². The van der Waals surface area contributed by atoms with Crippen molar-refractivity contribution in [1.82, 2.24) is 14.7 Å². The third kappa shape index (κ3) is 2.28. The van der Waals surface area contributed by atoms with E-state index < -0.39 is 0 Å². The van der Waals surface area contributed by atoms with Crippen LogP contribution >= 0.6 is 0 Å². The van der Waals surface area contributed by atoms with Crippen molar-refractivity contribution in [2.45, 2.75) is 20.3 Å². The van der Waals surface area contributed by atoms with Crippen molar-refractivity contribution >= 4 is 11.6 Å². The highest BCUT2D eigenvalue weighted by Gasteiger charge is 2.28. The average molecular weight is 236 g/mol. The Morgan fingerprint density at radius 3 is 2.47 bits per heavy atom. The normalized spacial score (nSPS) is 25.0. The van der Waals surface area contributed by atoms with E-state index >= 15 is 0 Å². The maximum atomic E-state index is 12.4. The number of likely N-dealkylation sites (tertiary alicyclic amines) is 1.